The molecule has 5 nitrogen and oxygen atoms in total. The number of piperazine rings is 1. The molecule has 0 spiro atoms. The predicted octanol–water partition coefficient (Wildman–Crippen LogP) is 2.57. The van der Waals surface area contributed by atoms with Crippen LogP contribution in [0, 0.1) is 0 Å². The third-order valence-corrected chi connectivity index (χ3v) is 4.97. The zero-order valence-electron chi connectivity index (χ0n) is 16.1. The summed E-state index contributed by atoms with van der Waals surface area (Å²) in [5, 5.41) is 3.05. The fourth-order valence-electron chi connectivity index (χ4n) is 3.46. The molecule has 1 N–H and O–H groups in total. The summed E-state index contributed by atoms with van der Waals surface area (Å²) in [6.45, 7) is 4.79. The highest BCUT2D eigenvalue weighted by Gasteiger charge is 2.20. The van der Waals surface area contributed by atoms with Crippen LogP contribution in [0.1, 0.15) is 12.0 Å². The molecule has 0 bridgehead atoms. The van der Waals surface area contributed by atoms with Gasteiger partial charge in [-0.15, -0.1) is 0 Å². The summed E-state index contributed by atoms with van der Waals surface area (Å²) in [6.07, 6.45) is 1.97. The van der Waals surface area contributed by atoms with Crippen molar-refractivity contribution >= 4 is 11.6 Å². The quantitative estimate of drug-likeness (QED) is 0.729. The summed E-state index contributed by atoms with van der Waals surface area (Å²) in [7, 11) is 1.71. The third-order valence-electron chi connectivity index (χ3n) is 4.97. The Balaban J connectivity index is 1.35. The van der Waals surface area contributed by atoms with Crippen molar-refractivity contribution in [3.05, 3.63) is 60.2 Å². The lowest BCUT2D eigenvalue weighted by Gasteiger charge is -2.36. The lowest BCUT2D eigenvalue weighted by molar-refractivity contribution is -0.122. The molecule has 0 aromatic heterocycles. The highest BCUT2D eigenvalue weighted by molar-refractivity contribution is 5.78. The van der Waals surface area contributed by atoms with Gasteiger partial charge in [0, 0.05) is 32.7 Å². The maximum absolute atomic E-state index is 12.2. The minimum Gasteiger partial charge on any atom is -0.495 e. The number of aryl methyl sites for hydroxylation is 1. The largest absolute Gasteiger partial charge is 0.495 e. The van der Waals surface area contributed by atoms with E-state index in [0.717, 1.165) is 57.0 Å². The number of benzene rings is 2. The Bertz CT molecular complexity index is 713. The normalized spacial score (nSPS) is 14.8. The van der Waals surface area contributed by atoms with Crippen molar-refractivity contribution in [3.8, 4) is 5.75 Å². The maximum atomic E-state index is 12.2. The van der Waals surface area contributed by atoms with Crippen molar-refractivity contribution in [2.45, 2.75) is 12.8 Å². The SMILES string of the molecule is COc1ccccc1N1CCN(CC(=O)NCCCc2ccccc2)CC1. The molecule has 1 saturated heterocycles. The van der Waals surface area contributed by atoms with Crippen LogP contribution in [-0.2, 0) is 11.2 Å². The maximum Gasteiger partial charge on any atom is 0.234 e. The molecule has 1 heterocycles. The Morgan fingerprint density at radius 1 is 1.00 bits per heavy atom. The molecule has 2 aromatic rings. The summed E-state index contributed by atoms with van der Waals surface area (Å²) < 4.78 is 5.46. The smallest absolute Gasteiger partial charge is 0.234 e. The Morgan fingerprint density at radius 2 is 1.70 bits per heavy atom. The summed E-state index contributed by atoms with van der Waals surface area (Å²) in [5.74, 6) is 1.02. The minimum atomic E-state index is 0.119. The summed E-state index contributed by atoms with van der Waals surface area (Å²) >= 11 is 0. The van der Waals surface area contributed by atoms with Crippen LogP contribution in [0.2, 0.25) is 0 Å². The molecule has 1 aliphatic heterocycles. The fourth-order valence-corrected chi connectivity index (χ4v) is 3.46. The van der Waals surface area contributed by atoms with Crippen LogP contribution in [0.15, 0.2) is 54.6 Å². The van der Waals surface area contributed by atoms with Gasteiger partial charge in [-0.3, -0.25) is 9.69 Å². The number of carbonyl (C=O) groups is 1. The van der Waals surface area contributed by atoms with Gasteiger partial charge in [-0.25, -0.2) is 0 Å². The number of para-hydroxylation sites is 2. The van der Waals surface area contributed by atoms with Crippen molar-refractivity contribution in [1.82, 2.24) is 10.2 Å². The first-order chi connectivity index (χ1) is 13.3. The van der Waals surface area contributed by atoms with E-state index in [-0.39, 0.29) is 5.91 Å². The Labute approximate surface area is 161 Å². The molecule has 1 aliphatic rings. The fraction of sp³-hybridized carbons (Fsp3) is 0.409. The zero-order chi connectivity index (χ0) is 18.9. The van der Waals surface area contributed by atoms with Crippen LogP contribution in [0.5, 0.6) is 5.75 Å². The average Bonchev–Trinajstić information content (AvgIpc) is 2.72. The third kappa shape index (κ3) is 5.73. The molecule has 144 valence electrons. The number of hydrogen-bond acceptors (Lipinski definition) is 4. The molecule has 2 aromatic carbocycles. The molecular formula is C22H29N3O2. The van der Waals surface area contributed by atoms with E-state index in [0.29, 0.717) is 6.54 Å². The second-order valence-electron chi connectivity index (χ2n) is 6.87. The minimum absolute atomic E-state index is 0.119. The van der Waals surface area contributed by atoms with E-state index >= 15 is 0 Å². The molecule has 5 heteroatoms. The summed E-state index contributed by atoms with van der Waals surface area (Å²) in [5.41, 5.74) is 2.45. The van der Waals surface area contributed by atoms with E-state index in [1.807, 2.05) is 24.3 Å². The van der Waals surface area contributed by atoms with Crippen LogP contribution >= 0.6 is 0 Å². The summed E-state index contributed by atoms with van der Waals surface area (Å²) in [4.78, 5) is 16.7. The molecule has 1 amide bonds. The zero-order valence-corrected chi connectivity index (χ0v) is 16.1. The lowest BCUT2D eigenvalue weighted by Crippen LogP contribution is -2.49. The van der Waals surface area contributed by atoms with Gasteiger partial charge in [-0.2, -0.15) is 0 Å². The average molecular weight is 367 g/mol. The first-order valence-corrected chi connectivity index (χ1v) is 9.67. The first kappa shape index (κ1) is 19.2. The van der Waals surface area contributed by atoms with Gasteiger partial charge in [0.2, 0.25) is 5.91 Å². The van der Waals surface area contributed by atoms with E-state index in [9.17, 15) is 4.79 Å². The number of ether oxygens (including phenoxy) is 1. The highest BCUT2D eigenvalue weighted by Crippen LogP contribution is 2.28. The number of nitrogens with zero attached hydrogens (tertiary/aromatic N) is 2. The van der Waals surface area contributed by atoms with Crippen molar-refractivity contribution in [2.75, 3.05) is 51.3 Å². The lowest BCUT2D eigenvalue weighted by atomic mass is 10.1. The number of methoxy groups -OCH3 is 1. The van der Waals surface area contributed by atoms with E-state index in [4.69, 9.17) is 4.74 Å². The van der Waals surface area contributed by atoms with Crippen molar-refractivity contribution in [2.24, 2.45) is 0 Å². The Kier molecular flexibility index (Phi) is 7.11. The molecule has 0 atom stereocenters. The van der Waals surface area contributed by atoms with Gasteiger partial charge in [0.15, 0.2) is 0 Å². The topological polar surface area (TPSA) is 44.8 Å². The Morgan fingerprint density at radius 3 is 2.44 bits per heavy atom. The van der Waals surface area contributed by atoms with Crippen molar-refractivity contribution < 1.29 is 9.53 Å². The molecule has 0 saturated carbocycles. The van der Waals surface area contributed by atoms with E-state index < -0.39 is 0 Å². The van der Waals surface area contributed by atoms with Gasteiger partial charge < -0.3 is 15.0 Å². The van der Waals surface area contributed by atoms with Crippen LogP contribution < -0.4 is 15.0 Å². The van der Waals surface area contributed by atoms with Crippen LogP contribution in [-0.4, -0.2) is 57.2 Å². The molecule has 3 rings (SSSR count). The number of amides is 1. The first-order valence-electron chi connectivity index (χ1n) is 9.67. The second-order valence-corrected chi connectivity index (χ2v) is 6.87. The van der Waals surface area contributed by atoms with Crippen LogP contribution in [0.4, 0.5) is 5.69 Å². The standard InChI is InChI=1S/C22H29N3O2/c1-27-21-12-6-5-11-20(21)25-16-14-24(15-17-25)18-22(26)23-13-7-10-19-8-3-2-4-9-19/h2-6,8-9,11-12H,7,10,13-18H2,1H3,(H,23,26). The van der Waals surface area contributed by atoms with Gasteiger partial charge in [-0.1, -0.05) is 42.5 Å². The number of anilines is 1. The summed E-state index contributed by atoms with van der Waals surface area (Å²) in [6, 6.07) is 18.5. The van der Waals surface area contributed by atoms with Crippen molar-refractivity contribution in [1.29, 1.82) is 0 Å². The number of nitrogens with one attached hydrogen (secondary N) is 1. The van der Waals surface area contributed by atoms with Gasteiger partial charge in [0.05, 0.1) is 19.3 Å². The molecule has 0 unspecified atom stereocenters. The number of rotatable bonds is 8. The highest BCUT2D eigenvalue weighted by atomic mass is 16.5. The Hall–Kier alpha value is -2.53. The van der Waals surface area contributed by atoms with E-state index in [1.54, 1.807) is 7.11 Å². The molecule has 0 radical (unpaired) electrons. The van der Waals surface area contributed by atoms with Gasteiger partial charge in [0.25, 0.3) is 0 Å². The van der Waals surface area contributed by atoms with Crippen LogP contribution in [0.3, 0.4) is 0 Å². The predicted molar refractivity (Wildman–Crippen MR) is 109 cm³/mol. The van der Waals surface area contributed by atoms with Gasteiger partial charge in [-0.05, 0) is 30.5 Å². The molecule has 1 fully saturated rings. The van der Waals surface area contributed by atoms with E-state index in [1.165, 1.54) is 5.56 Å². The van der Waals surface area contributed by atoms with Crippen LogP contribution in [0.25, 0.3) is 0 Å². The monoisotopic (exact) mass is 367 g/mol. The number of hydrogen-bond donors (Lipinski definition) is 1. The molecular weight excluding hydrogens is 338 g/mol. The van der Waals surface area contributed by atoms with Gasteiger partial charge in [0.1, 0.15) is 5.75 Å². The molecule has 27 heavy (non-hydrogen) atoms. The second kappa shape index (κ2) is 9.97. The van der Waals surface area contributed by atoms with Crippen molar-refractivity contribution in [3.63, 3.8) is 0 Å². The van der Waals surface area contributed by atoms with E-state index in [2.05, 4.69) is 45.4 Å². The van der Waals surface area contributed by atoms with Gasteiger partial charge >= 0.3 is 0 Å². The molecule has 0 aliphatic carbocycles. The number of carbonyl (C=O) groups excluding carboxylic acids is 1.